The van der Waals surface area contributed by atoms with Gasteiger partial charge in [0.05, 0.1) is 12.6 Å². The van der Waals surface area contributed by atoms with Gasteiger partial charge in [-0.25, -0.2) is 0 Å². The van der Waals surface area contributed by atoms with Gasteiger partial charge in [-0.15, -0.1) is 0 Å². The second-order valence-corrected chi connectivity index (χ2v) is 4.66. The molecule has 1 N–H and O–H groups in total. The number of aromatic nitrogens is 2. The minimum atomic E-state index is -0.250. The molecule has 0 unspecified atom stereocenters. The summed E-state index contributed by atoms with van der Waals surface area (Å²) in [7, 11) is 0. The van der Waals surface area contributed by atoms with Crippen LogP contribution in [0.25, 0.3) is 0 Å². The quantitative estimate of drug-likeness (QED) is 0.791. The maximum absolute atomic E-state index is 9.32. The Hall–Kier alpha value is -0.980. The molecule has 0 aromatic carbocycles. The number of piperazine rings is 1. The van der Waals surface area contributed by atoms with E-state index in [-0.39, 0.29) is 6.10 Å². The van der Waals surface area contributed by atoms with Crippen LogP contribution < -0.4 is 0 Å². The third-order valence-electron chi connectivity index (χ3n) is 2.92. The number of hydrogen-bond donors (Lipinski definition) is 1. The Kier molecular flexibility index (Phi) is 4.09. The van der Waals surface area contributed by atoms with E-state index in [1.54, 1.807) is 0 Å². The van der Waals surface area contributed by atoms with Gasteiger partial charge < -0.3 is 9.63 Å². The Bertz CT molecular complexity index is 345. The molecule has 1 aromatic rings. The molecule has 6 nitrogen and oxygen atoms in total. The average molecular weight is 240 g/mol. The zero-order valence-corrected chi connectivity index (χ0v) is 10.5. The molecule has 17 heavy (non-hydrogen) atoms. The minimum Gasteiger partial charge on any atom is -0.392 e. The summed E-state index contributed by atoms with van der Waals surface area (Å²) >= 11 is 0. The Morgan fingerprint density at radius 2 is 1.94 bits per heavy atom. The van der Waals surface area contributed by atoms with Gasteiger partial charge in [-0.2, -0.15) is 4.98 Å². The van der Waals surface area contributed by atoms with E-state index in [0.29, 0.717) is 11.7 Å². The van der Waals surface area contributed by atoms with Crippen LogP contribution in [0.15, 0.2) is 4.52 Å². The summed E-state index contributed by atoms with van der Waals surface area (Å²) in [6.45, 7) is 9.07. The third kappa shape index (κ3) is 3.76. The minimum absolute atomic E-state index is 0.250. The first-order valence-corrected chi connectivity index (χ1v) is 6.05. The van der Waals surface area contributed by atoms with Gasteiger partial charge in [0.1, 0.15) is 0 Å². The SMILES string of the molecule is Cc1noc(CN2CCN(C[C@@H](C)O)CC2)n1. The van der Waals surface area contributed by atoms with Gasteiger partial charge in [0.2, 0.25) is 5.89 Å². The molecule has 96 valence electrons. The molecular weight excluding hydrogens is 220 g/mol. The number of β-amino-alcohol motifs (C(OH)–C–C–N with tert-alkyl or cyclic N) is 1. The fourth-order valence-electron chi connectivity index (χ4n) is 2.10. The lowest BCUT2D eigenvalue weighted by Crippen LogP contribution is -2.47. The molecule has 0 saturated carbocycles. The first-order chi connectivity index (χ1) is 8.13. The van der Waals surface area contributed by atoms with Crippen molar-refractivity contribution in [3.05, 3.63) is 11.7 Å². The maximum atomic E-state index is 9.32. The molecule has 0 amide bonds. The predicted octanol–water partition coefficient (Wildman–Crippen LogP) is -0.124. The van der Waals surface area contributed by atoms with Crippen molar-refractivity contribution in [2.75, 3.05) is 32.7 Å². The van der Waals surface area contributed by atoms with Crippen LogP contribution in [0.1, 0.15) is 18.6 Å². The van der Waals surface area contributed by atoms with Crippen molar-refractivity contribution in [1.82, 2.24) is 19.9 Å². The van der Waals surface area contributed by atoms with Gasteiger partial charge in [-0.05, 0) is 13.8 Å². The molecular formula is C11H20N4O2. The lowest BCUT2D eigenvalue weighted by atomic mass is 10.3. The zero-order valence-electron chi connectivity index (χ0n) is 10.5. The van der Waals surface area contributed by atoms with Crippen LogP contribution in [0.4, 0.5) is 0 Å². The van der Waals surface area contributed by atoms with Gasteiger partial charge in [0.15, 0.2) is 5.82 Å². The number of hydrogen-bond acceptors (Lipinski definition) is 6. The summed E-state index contributed by atoms with van der Waals surface area (Å²) in [6, 6.07) is 0. The zero-order chi connectivity index (χ0) is 12.3. The van der Waals surface area contributed by atoms with Crippen LogP contribution in [-0.2, 0) is 6.54 Å². The molecule has 1 saturated heterocycles. The molecule has 1 fully saturated rings. The molecule has 1 aliphatic heterocycles. The van der Waals surface area contributed by atoms with Crippen molar-refractivity contribution >= 4 is 0 Å². The van der Waals surface area contributed by atoms with Crippen LogP contribution in [0, 0.1) is 6.92 Å². The number of aliphatic hydroxyl groups excluding tert-OH is 1. The summed E-state index contributed by atoms with van der Waals surface area (Å²) < 4.78 is 5.10. The van der Waals surface area contributed by atoms with Crippen molar-refractivity contribution in [1.29, 1.82) is 0 Å². The molecule has 0 aliphatic carbocycles. The Morgan fingerprint density at radius 3 is 2.47 bits per heavy atom. The topological polar surface area (TPSA) is 65.6 Å². The molecule has 1 aliphatic rings. The summed E-state index contributed by atoms with van der Waals surface area (Å²) in [6.07, 6.45) is -0.250. The number of nitrogens with zero attached hydrogens (tertiary/aromatic N) is 4. The van der Waals surface area contributed by atoms with Gasteiger partial charge >= 0.3 is 0 Å². The number of aryl methyl sites for hydroxylation is 1. The molecule has 2 heterocycles. The van der Waals surface area contributed by atoms with Crippen LogP contribution in [0.5, 0.6) is 0 Å². The fraction of sp³-hybridized carbons (Fsp3) is 0.818. The lowest BCUT2D eigenvalue weighted by molar-refractivity contribution is 0.0737. The highest BCUT2D eigenvalue weighted by Crippen LogP contribution is 2.07. The molecule has 2 rings (SSSR count). The molecule has 0 radical (unpaired) electrons. The second-order valence-electron chi connectivity index (χ2n) is 4.66. The van der Waals surface area contributed by atoms with Gasteiger partial charge in [-0.1, -0.05) is 5.16 Å². The summed E-state index contributed by atoms with van der Waals surface area (Å²) in [5.74, 6) is 1.37. The Morgan fingerprint density at radius 1 is 1.29 bits per heavy atom. The van der Waals surface area contributed by atoms with Crippen molar-refractivity contribution in [3.8, 4) is 0 Å². The fourth-order valence-corrected chi connectivity index (χ4v) is 2.10. The molecule has 1 aromatic heterocycles. The van der Waals surface area contributed by atoms with Crippen LogP contribution in [-0.4, -0.2) is 63.9 Å². The molecule has 6 heteroatoms. The smallest absolute Gasteiger partial charge is 0.240 e. The average Bonchev–Trinajstić information content (AvgIpc) is 2.66. The van der Waals surface area contributed by atoms with Crippen LogP contribution >= 0.6 is 0 Å². The van der Waals surface area contributed by atoms with Crippen molar-refractivity contribution in [3.63, 3.8) is 0 Å². The van der Waals surface area contributed by atoms with Crippen molar-refractivity contribution < 1.29 is 9.63 Å². The van der Waals surface area contributed by atoms with Gasteiger partial charge in [0, 0.05) is 32.7 Å². The van der Waals surface area contributed by atoms with Crippen molar-refractivity contribution in [2.45, 2.75) is 26.5 Å². The second kappa shape index (κ2) is 5.57. The third-order valence-corrected chi connectivity index (χ3v) is 2.92. The largest absolute Gasteiger partial charge is 0.392 e. The number of rotatable bonds is 4. The maximum Gasteiger partial charge on any atom is 0.240 e. The van der Waals surface area contributed by atoms with Gasteiger partial charge in [-0.3, -0.25) is 9.80 Å². The molecule has 0 bridgehead atoms. The number of aliphatic hydroxyl groups is 1. The van der Waals surface area contributed by atoms with E-state index in [1.807, 2.05) is 13.8 Å². The van der Waals surface area contributed by atoms with E-state index >= 15 is 0 Å². The van der Waals surface area contributed by atoms with Crippen molar-refractivity contribution in [2.24, 2.45) is 0 Å². The lowest BCUT2D eigenvalue weighted by Gasteiger charge is -2.34. The van der Waals surface area contributed by atoms with Gasteiger partial charge in [0.25, 0.3) is 0 Å². The van der Waals surface area contributed by atoms with E-state index in [1.165, 1.54) is 0 Å². The standard InChI is InChI=1S/C11H20N4O2/c1-9(16)7-14-3-5-15(6-4-14)8-11-12-10(2)13-17-11/h9,16H,3-8H2,1-2H3/t9-/m1/s1. The predicted molar refractivity (Wildman–Crippen MR) is 62.4 cm³/mol. The van der Waals surface area contributed by atoms with E-state index in [0.717, 1.165) is 39.3 Å². The Balaban J connectivity index is 1.75. The Labute approximate surface area is 101 Å². The summed E-state index contributed by atoms with van der Waals surface area (Å²) in [5.41, 5.74) is 0. The summed E-state index contributed by atoms with van der Waals surface area (Å²) in [5, 5.41) is 13.1. The van der Waals surface area contributed by atoms with E-state index in [4.69, 9.17) is 4.52 Å². The molecule has 0 spiro atoms. The normalized spacial score (nSPS) is 20.6. The van der Waals surface area contributed by atoms with E-state index in [2.05, 4.69) is 19.9 Å². The van der Waals surface area contributed by atoms with Crippen LogP contribution in [0.3, 0.4) is 0 Å². The first-order valence-electron chi connectivity index (χ1n) is 6.05. The van der Waals surface area contributed by atoms with E-state index in [9.17, 15) is 5.11 Å². The first kappa shape index (κ1) is 12.5. The molecule has 1 atom stereocenters. The van der Waals surface area contributed by atoms with E-state index < -0.39 is 0 Å². The monoisotopic (exact) mass is 240 g/mol. The highest BCUT2D eigenvalue weighted by molar-refractivity contribution is 4.84. The van der Waals surface area contributed by atoms with Crippen LogP contribution in [0.2, 0.25) is 0 Å². The summed E-state index contributed by atoms with van der Waals surface area (Å²) in [4.78, 5) is 8.77. The highest BCUT2D eigenvalue weighted by atomic mass is 16.5. The highest BCUT2D eigenvalue weighted by Gasteiger charge is 2.19.